The van der Waals surface area contributed by atoms with E-state index in [4.69, 9.17) is 16.1 Å². The third-order valence-corrected chi connectivity index (χ3v) is 3.34. The molecule has 1 unspecified atom stereocenters. The molecular weight excluding hydrogens is 250 g/mol. The molecule has 0 aliphatic carbocycles. The number of hydrogen-bond donors (Lipinski definition) is 1. The third kappa shape index (κ3) is 2.54. The van der Waals surface area contributed by atoms with Crippen LogP contribution in [0.15, 0.2) is 28.8 Å². The zero-order valence-electron chi connectivity index (χ0n) is 9.90. The predicted molar refractivity (Wildman–Crippen MR) is 68.5 cm³/mol. The van der Waals surface area contributed by atoms with Crippen molar-refractivity contribution >= 4 is 11.6 Å². The highest BCUT2D eigenvalue weighted by Crippen LogP contribution is 2.21. The summed E-state index contributed by atoms with van der Waals surface area (Å²) in [6.07, 6.45) is 2.87. The van der Waals surface area contributed by atoms with Crippen LogP contribution in [0.2, 0.25) is 5.02 Å². The van der Waals surface area contributed by atoms with Crippen molar-refractivity contribution in [2.45, 2.75) is 25.3 Å². The van der Waals surface area contributed by atoms with Crippen LogP contribution in [0.1, 0.15) is 36.2 Å². The number of halogens is 1. The molecule has 2 aromatic rings. The van der Waals surface area contributed by atoms with Gasteiger partial charge in [0.1, 0.15) is 0 Å². The second-order valence-corrected chi connectivity index (χ2v) is 4.94. The summed E-state index contributed by atoms with van der Waals surface area (Å²) in [7, 11) is 0. The summed E-state index contributed by atoms with van der Waals surface area (Å²) in [4.78, 5) is 4.43. The van der Waals surface area contributed by atoms with Crippen LogP contribution in [0.3, 0.4) is 0 Å². The predicted octanol–water partition coefficient (Wildman–Crippen LogP) is 2.74. The lowest BCUT2D eigenvalue weighted by Crippen LogP contribution is -2.14. The van der Waals surface area contributed by atoms with Crippen molar-refractivity contribution in [3.63, 3.8) is 0 Å². The number of nitrogens with one attached hydrogen (secondary N) is 1. The Morgan fingerprint density at radius 1 is 1.44 bits per heavy atom. The Hall–Kier alpha value is -1.39. The highest BCUT2D eigenvalue weighted by atomic mass is 35.5. The minimum atomic E-state index is 0.252. The van der Waals surface area contributed by atoms with E-state index < -0.39 is 0 Å². The van der Waals surface area contributed by atoms with Gasteiger partial charge in [0.25, 0.3) is 0 Å². The molecule has 4 nitrogen and oxygen atoms in total. The van der Waals surface area contributed by atoms with Gasteiger partial charge in [0.05, 0.1) is 12.5 Å². The molecule has 2 heterocycles. The summed E-state index contributed by atoms with van der Waals surface area (Å²) in [6, 6.07) is 7.95. The van der Waals surface area contributed by atoms with Crippen molar-refractivity contribution in [3.05, 3.63) is 46.6 Å². The van der Waals surface area contributed by atoms with Gasteiger partial charge in [0.15, 0.2) is 5.82 Å². The minimum absolute atomic E-state index is 0.252. The number of nitrogens with zero attached hydrogens (tertiary/aromatic N) is 2. The zero-order chi connectivity index (χ0) is 12.4. The maximum absolute atomic E-state index is 5.94. The van der Waals surface area contributed by atoms with Crippen LogP contribution in [0, 0.1) is 0 Å². The lowest BCUT2D eigenvalue weighted by atomic mass is 10.1. The molecule has 0 radical (unpaired) electrons. The SMILES string of the molecule is Clc1cccc(Cc2nc(C3CCCN3)no2)c1. The van der Waals surface area contributed by atoms with Gasteiger partial charge in [0.2, 0.25) is 5.89 Å². The number of benzene rings is 1. The van der Waals surface area contributed by atoms with Gasteiger partial charge in [-0.2, -0.15) is 4.98 Å². The van der Waals surface area contributed by atoms with Gasteiger partial charge >= 0.3 is 0 Å². The lowest BCUT2D eigenvalue weighted by molar-refractivity contribution is 0.373. The smallest absolute Gasteiger partial charge is 0.231 e. The van der Waals surface area contributed by atoms with E-state index in [1.807, 2.05) is 24.3 Å². The van der Waals surface area contributed by atoms with Crippen molar-refractivity contribution in [2.24, 2.45) is 0 Å². The van der Waals surface area contributed by atoms with Crippen molar-refractivity contribution in [2.75, 3.05) is 6.54 Å². The Morgan fingerprint density at radius 2 is 2.39 bits per heavy atom. The Balaban J connectivity index is 1.73. The Bertz CT molecular complexity index is 535. The average molecular weight is 264 g/mol. The maximum Gasteiger partial charge on any atom is 0.231 e. The molecule has 0 saturated carbocycles. The molecule has 94 valence electrons. The average Bonchev–Trinajstić information content (AvgIpc) is 2.98. The lowest BCUT2D eigenvalue weighted by Gasteiger charge is -2.01. The van der Waals surface area contributed by atoms with Crippen molar-refractivity contribution in [1.29, 1.82) is 0 Å². The quantitative estimate of drug-likeness (QED) is 0.925. The molecule has 1 saturated heterocycles. The van der Waals surface area contributed by atoms with Crippen LogP contribution in [0.4, 0.5) is 0 Å². The van der Waals surface area contributed by atoms with Crippen LogP contribution in [-0.2, 0) is 6.42 Å². The molecular formula is C13H14ClN3O. The maximum atomic E-state index is 5.94. The van der Waals surface area contributed by atoms with Gasteiger partial charge in [-0.3, -0.25) is 0 Å². The van der Waals surface area contributed by atoms with E-state index in [-0.39, 0.29) is 6.04 Å². The molecule has 1 atom stereocenters. The molecule has 5 heteroatoms. The van der Waals surface area contributed by atoms with E-state index >= 15 is 0 Å². The molecule has 3 rings (SSSR count). The number of hydrogen-bond acceptors (Lipinski definition) is 4. The summed E-state index contributed by atoms with van der Waals surface area (Å²) in [6.45, 7) is 1.03. The molecule has 1 aliphatic heterocycles. The molecule has 1 aromatic heterocycles. The molecule has 1 fully saturated rings. The molecule has 1 N–H and O–H groups in total. The monoisotopic (exact) mass is 263 g/mol. The summed E-state index contributed by atoms with van der Waals surface area (Å²) in [5.74, 6) is 1.41. The summed E-state index contributed by atoms with van der Waals surface area (Å²) in [5, 5.41) is 8.11. The fourth-order valence-electron chi connectivity index (χ4n) is 2.21. The molecule has 0 bridgehead atoms. The molecule has 1 aliphatic rings. The van der Waals surface area contributed by atoms with Gasteiger partial charge in [-0.25, -0.2) is 0 Å². The van der Waals surface area contributed by atoms with E-state index in [2.05, 4.69) is 15.5 Å². The van der Waals surface area contributed by atoms with Crippen LogP contribution in [-0.4, -0.2) is 16.7 Å². The van der Waals surface area contributed by atoms with E-state index in [0.717, 1.165) is 29.4 Å². The normalized spacial score (nSPS) is 19.3. The first kappa shape index (κ1) is 11.7. The number of rotatable bonds is 3. The van der Waals surface area contributed by atoms with Crippen molar-refractivity contribution in [3.8, 4) is 0 Å². The largest absolute Gasteiger partial charge is 0.339 e. The standard InChI is InChI=1S/C13H14ClN3O/c14-10-4-1-3-9(7-10)8-12-16-13(17-18-12)11-5-2-6-15-11/h1,3-4,7,11,15H,2,5-6,8H2. The van der Waals surface area contributed by atoms with Crippen LogP contribution in [0.5, 0.6) is 0 Å². The van der Waals surface area contributed by atoms with Crippen molar-refractivity contribution < 1.29 is 4.52 Å². The summed E-state index contributed by atoms with van der Waals surface area (Å²) < 4.78 is 5.28. The van der Waals surface area contributed by atoms with E-state index in [1.54, 1.807) is 0 Å². The van der Waals surface area contributed by atoms with Gasteiger partial charge in [0, 0.05) is 5.02 Å². The summed E-state index contributed by atoms with van der Waals surface area (Å²) in [5.41, 5.74) is 1.08. The van der Waals surface area contributed by atoms with Crippen molar-refractivity contribution in [1.82, 2.24) is 15.5 Å². The molecule has 18 heavy (non-hydrogen) atoms. The zero-order valence-corrected chi connectivity index (χ0v) is 10.7. The molecule has 0 amide bonds. The highest BCUT2D eigenvalue weighted by molar-refractivity contribution is 6.30. The highest BCUT2D eigenvalue weighted by Gasteiger charge is 2.21. The first-order valence-corrected chi connectivity index (χ1v) is 6.49. The van der Waals surface area contributed by atoms with Crippen LogP contribution in [0.25, 0.3) is 0 Å². The second kappa shape index (κ2) is 5.08. The first-order valence-electron chi connectivity index (χ1n) is 6.11. The third-order valence-electron chi connectivity index (χ3n) is 3.10. The van der Waals surface area contributed by atoms with Gasteiger partial charge in [-0.1, -0.05) is 28.9 Å². The fourth-order valence-corrected chi connectivity index (χ4v) is 2.42. The number of aromatic nitrogens is 2. The Labute approximate surface area is 110 Å². The Morgan fingerprint density at radius 3 is 3.17 bits per heavy atom. The Kier molecular flexibility index (Phi) is 3.30. The van der Waals surface area contributed by atoms with Crippen LogP contribution < -0.4 is 5.32 Å². The minimum Gasteiger partial charge on any atom is -0.339 e. The molecule has 0 spiro atoms. The second-order valence-electron chi connectivity index (χ2n) is 4.50. The summed E-state index contributed by atoms with van der Waals surface area (Å²) >= 11 is 5.94. The van der Waals surface area contributed by atoms with Gasteiger partial charge in [-0.05, 0) is 37.1 Å². The topological polar surface area (TPSA) is 51.0 Å². The fraction of sp³-hybridized carbons (Fsp3) is 0.385. The van der Waals surface area contributed by atoms with Gasteiger partial charge < -0.3 is 9.84 Å². The molecule has 1 aromatic carbocycles. The first-order chi connectivity index (χ1) is 8.81. The van der Waals surface area contributed by atoms with E-state index in [9.17, 15) is 0 Å². The van der Waals surface area contributed by atoms with Gasteiger partial charge in [-0.15, -0.1) is 0 Å². The van der Waals surface area contributed by atoms with E-state index in [1.165, 1.54) is 6.42 Å². The van der Waals surface area contributed by atoms with Crippen LogP contribution >= 0.6 is 11.6 Å². The van der Waals surface area contributed by atoms with E-state index in [0.29, 0.717) is 12.3 Å².